The molecular weight excluding hydrogens is 500 g/mol. The highest BCUT2D eigenvalue weighted by Gasteiger charge is 2.75. The van der Waals surface area contributed by atoms with Gasteiger partial charge in [0.05, 0.1) is 16.6 Å². The molecule has 5 aliphatic rings. The number of aliphatic hydroxyl groups excluding tert-OH is 1. The first-order chi connectivity index (χ1) is 18.5. The third-order valence-corrected chi connectivity index (χ3v) is 11.7. The topological polar surface area (TPSA) is 128 Å². The van der Waals surface area contributed by atoms with Crippen LogP contribution >= 0.6 is 0 Å². The summed E-state index contributed by atoms with van der Waals surface area (Å²) in [6.07, 6.45) is 7.58. The summed E-state index contributed by atoms with van der Waals surface area (Å²) in [5.41, 5.74) is -0.151. The van der Waals surface area contributed by atoms with Crippen LogP contribution in [0.25, 0.3) is 0 Å². The Morgan fingerprint density at radius 1 is 1.10 bits per heavy atom. The molecule has 0 amide bonds. The summed E-state index contributed by atoms with van der Waals surface area (Å²) in [4.78, 5) is 42.1. The fourth-order valence-electron chi connectivity index (χ4n) is 9.94. The van der Waals surface area contributed by atoms with Gasteiger partial charge in [-0.25, -0.2) is 0 Å². The summed E-state index contributed by atoms with van der Waals surface area (Å²) in [5, 5.41) is 25.7. The van der Waals surface area contributed by atoms with Gasteiger partial charge in [0.2, 0.25) is 11.4 Å². The van der Waals surface area contributed by atoms with Crippen molar-refractivity contribution in [3.63, 3.8) is 0 Å². The lowest BCUT2D eigenvalue weighted by Crippen LogP contribution is -2.60. The number of hydrogen-bond acceptors (Lipinski definition) is 8. The number of benzene rings is 1. The van der Waals surface area contributed by atoms with Crippen LogP contribution in [-0.4, -0.2) is 45.8 Å². The third kappa shape index (κ3) is 3.64. The number of ether oxygens (including phenoxy) is 1. The van der Waals surface area contributed by atoms with Crippen LogP contribution in [0.2, 0.25) is 0 Å². The Balaban J connectivity index is 1.32. The number of nitro groups is 1. The molecule has 3 unspecified atom stereocenters. The molecule has 9 nitrogen and oxygen atoms in total. The van der Waals surface area contributed by atoms with Gasteiger partial charge in [-0.15, -0.1) is 0 Å². The summed E-state index contributed by atoms with van der Waals surface area (Å²) < 4.78 is 5.62. The van der Waals surface area contributed by atoms with Gasteiger partial charge < -0.3 is 14.7 Å². The molecule has 39 heavy (non-hydrogen) atoms. The van der Waals surface area contributed by atoms with E-state index in [0.29, 0.717) is 23.5 Å². The number of nitro benzene ring substituents is 1. The highest BCUT2D eigenvalue weighted by molar-refractivity contribution is 6.09. The predicted octanol–water partition coefficient (Wildman–Crippen LogP) is 4.83. The van der Waals surface area contributed by atoms with E-state index >= 15 is 0 Å². The van der Waals surface area contributed by atoms with Crippen LogP contribution in [-0.2, 0) is 19.2 Å². The number of non-ortho nitro benzene ring substituents is 1. The number of carbonyl (C=O) groups is 2. The Morgan fingerprint density at radius 3 is 2.51 bits per heavy atom. The average Bonchev–Trinajstić information content (AvgIpc) is 3.42. The first-order valence-corrected chi connectivity index (χ1v) is 14.4. The number of oxime groups is 1. The van der Waals surface area contributed by atoms with Crippen molar-refractivity contribution in [3.05, 3.63) is 39.9 Å². The highest BCUT2D eigenvalue weighted by atomic mass is 16.7. The van der Waals surface area contributed by atoms with Crippen molar-refractivity contribution in [1.29, 1.82) is 0 Å². The molecule has 9 atom stereocenters. The minimum atomic E-state index is -1.22. The maximum Gasteiger partial charge on any atom is 0.302 e. The summed E-state index contributed by atoms with van der Waals surface area (Å²) in [6, 6.07) is 6.28. The zero-order valence-electron chi connectivity index (χ0n) is 22.9. The van der Waals surface area contributed by atoms with Gasteiger partial charge in [-0.2, -0.15) is 0 Å². The van der Waals surface area contributed by atoms with Gasteiger partial charge in [0.25, 0.3) is 5.69 Å². The molecule has 1 N–H and O–H groups in total. The summed E-state index contributed by atoms with van der Waals surface area (Å²) >= 11 is 0. The lowest BCUT2D eigenvalue weighted by molar-refractivity contribution is -0.384. The molecule has 4 aliphatic carbocycles. The Labute approximate surface area is 228 Å². The minimum absolute atomic E-state index is 0.000661. The number of hydrogen-bond donors (Lipinski definition) is 1. The molecule has 0 radical (unpaired) electrons. The van der Waals surface area contributed by atoms with Crippen molar-refractivity contribution in [3.8, 4) is 0 Å². The highest BCUT2D eigenvalue weighted by Crippen LogP contribution is 2.71. The molecule has 1 aromatic rings. The monoisotopic (exact) mass is 538 g/mol. The Morgan fingerprint density at radius 2 is 1.85 bits per heavy atom. The van der Waals surface area contributed by atoms with Crippen molar-refractivity contribution in [2.24, 2.45) is 45.6 Å². The van der Waals surface area contributed by atoms with Crippen LogP contribution in [0.1, 0.15) is 77.7 Å². The second-order valence-corrected chi connectivity index (χ2v) is 13.1. The average molecular weight is 539 g/mol. The van der Waals surface area contributed by atoms with E-state index in [1.165, 1.54) is 19.1 Å². The van der Waals surface area contributed by atoms with E-state index in [4.69, 9.17) is 9.57 Å². The number of carbonyl (C=O) groups excluding carboxylic acids is 2. The van der Waals surface area contributed by atoms with Crippen LogP contribution in [0, 0.1) is 50.5 Å². The SMILES string of the molecule is CC(=O)O[C@H]1CC[C@]2(C)C3CC[C@@]4(C)C(C[C@H]5C(c6ccc([N+](=O)[O-])cc6)=NO[C@]54C(=O)CO)C3CC[C@H]2C1. The van der Waals surface area contributed by atoms with Gasteiger partial charge in [-0.05, 0) is 92.6 Å². The van der Waals surface area contributed by atoms with Crippen LogP contribution in [0.3, 0.4) is 0 Å². The van der Waals surface area contributed by atoms with Crippen LogP contribution in [0.5, 0.6) is 0 Å². The van der Waals surface area contributed by atoms with E-state index in [9.17, 15) is 24.8 Å². The molecule has 9 heteroatoms. The molecule has 4 saturated carbocycles. The standard InChI is InChI=1S/C30H38N2O7/c1-17(34)38-21-10-12-28(2)19(14-21)6-9-22-23(28)11-13-29(3)24(22)15-25-27(31-39-30(25,29)26(35)16-33)18-4-7-20(8-5-18)32(36)37/h4-5,7-8,19,21-25,33H,6,9-16H2,1-3H3/t19-,21-,22?,23?,24?,25-,28-,29-,30-/m0/s1. The second-order valence-electron chi connectivity index (χ2n) is 13.1. The Hall–Kier alpha value is -2.81. The fourth-order valence-corrected chi connectivity index (χ4v) is 9.94. The first-order valence-electron chi connectivity index (χ1n) is 14.4. The maximum absolute atomic E-state index is 13.6. The Kier molecular flexibility index (Phi) is 6.17. The summed E-state index contributed by atoms with van der Waals surface area (Å²) in [7, 11) is 0. The second kappa shape index (κ2) is 9.11. The molecule has 6 rings (SSSR count). The molecule has 4 fully saturated rings. The van der Waals surface area contributed by atoms with Crippen molar-refractivity contribution < 1.29 is 29.2 Å². The number of Topliss-reactive ketones (excluding diaryl/α,β-unsaturated/α-hetero) is 1. The minimum Gasteiger partial charge on any atom is -0.463 e. The van der Waals surface area contributed by atoms with Crippen molar-refractivity contribution >= 4 is 23.2 Å². The molecule has 1 aliphatic heterocycles. The Bertz CT molecular complexity index is 1230. The number of fused-ring (bicyclic) bond motifs is 7. The quantitative estimate of drug-likeness (QED) is 0.323. The number of rotatable bonds is 5. The molecule has 1 aromatic carbocycles. The molecular formula is C30H38N2O7. The van der Waals surface area contributed by atoms with E-state index in [1.54, 1.807) is 12.1 Å². The first kappa shape index (κ1) is 26.4. The van der Waals surface area contributed by atoms with Gasteiger partial charge in [0.1, 0.15) is 12.7 Å². The van der Waals surface area contributed by atoms with E-state index in [0.717, 1.165) is 56.9 Å². The lowest BCUT2D eigenvalue weighted by Gasteiger charge is -2.61. The van der Waals surface area contributed by atoms with E-state index in [1.807, 2.05) is 0 Å². The largest absolute Gasteiger partial charge is 0.463 e. The van der Waals surface area contributed by atoms with Crippen LogP contribution < -0.4 is 0 Å². The maximum atomic E-state index is 13.6. The summed E-state index contributed by atoms with van der Waals surface area (Å²) in [5.74, 6) is 0.884. The van der Waals surface area contributed by atoms with Gasteiger partial charge in [-0.3, -0.25) is 19.7 Å². The molecule has 0 bridgehead atoms. The number of nitrogens with zero attached hydrogens (tertiary/aromatic N) is 2. The predicted molar refractivity (Wildman–Crippen MR) is 142 cm³/mol. The normalized spacial score (nSPS) is 42.2. The van der Waals surface area contributed by atoms with Crippen LogP contribution in [0.4, 0.5) is 5.69 Å². The molecule has 0 aromatic heterocycles. The molecule has 1 heterocycles. The molecule has 0 spiro atoms. The lowest BCUT2D eigenvalue weighted by atomic mass is 9.44. The van der Waals surface area contributed by atoms with Crippen molar-refractivity contribution in [1.82, 2.24) is 0 Å². The van der Waals surface area contributed by atoms with Gasteiger partial charge in [-0.1, -0.05) is 19.0 Å². The molecule has 210 valence electrons. The van der Waals surface area contributed by atoms with Crippen LogP contribution in [0.15, 0.2) is 29.4 Å². The zero-order valence-corrected chi connectivity index (χ0v) is 22.9. The smallest absolute Gasteiger partial charge is 0.302 e. The fraction of sp³-hybridized carbons (Fsp3) is 0.700. The number of esters is 1. The van der Waals surface area contributed by atoms with Gasteiger partial charge >= 0.3 is 5.97 Å². The molecule has 0 saturated heterocycles. The third-order valence-electron chi connectivity index (χ3n) is 11.7. The van der Waals surface area contributed by atoms with Gasteiger partial charge in [0.15, 0.2) is 0 Å². The van der Waals surface area contributed by atoms with Gasteiger partial charge in [0, 0.05) is 30.0 Å². The number of aliphatic hydroxyl groups is 1. The van der Waals surface area contributed by atoms with E-state index < -0.39 is 22.5 Å². The van der Waals surface area contributed by atoms with Crippen molar-refractivity contribution in [2.45, 2.75) is 83.8 Å². The zero-order chi connectivity index (χ0) is 27.7. The number of ketones is 1. The van der Waals surface area contributed by atoms with Crippen molar-refractivity contribution in [2.75, 3.05) is 6.61 Å². The van der Waals surface area contributed by atoms with E-state index in [2.05, 4.69) is 19.0 Å². The summed E-state index contributed by atoms with van der Waals surface area (Å²) in [6.45, 7) is 5.49. The van der Waals surface area contributed by atoms with E-state index in [-0.39, 0.29) is 40.8 Å².